The molecule has 10 heteroatoms. The van der Waals surface area contributed by atoms with Crippen molar-refractivity contribution in [1.82, 2.24) is 23.7 Å². The minimum atomic E-state index is -0.509. The number of imidazole rings is 1. The maximum absolute atomic E-state index is 12.4. The van der Waals surface area contributed by atoms with E-state index in [4.69, 9.17) is 9.47 Å². The molecule has 1 aromatic carbocycles. The summed E-state index contributed by atoms with van der Waals surface area (Å²) in [5, 5.41) is 0.864. The fourth-order valence-electron chi connectivity index (χ4n) is 3.22. The molecule has 4 rings (SSSR count). The van der Waals surface area contributed by atoms with Crippen LogP contribution >= 0.6 is 0 Å². The summed E-state index contributed by atoms with van der Waals surface area (Å²) in [4.78, 5) is 43.9. The molecule has 0 unspecified atom stereocenters. The van der Waals surface area contributed by atoms with Crippen molar-refractivity contribution in [1.29, 1.82) is 0 Å². The Morgan fingerprint density at radius 3 is 2.72 bits per heavy atom. The number of fused-ring (bicyclic) bond motifs is 2. The summed E-state index contributed by atoms with van der Waals surface area (Å²) in [6, 6.07) is 7.15. The number of ether oxygens (including phenoxy) is 2. The average Bonchev–Trinajstić information content (AvgIpc) is 3.34. The predicted molar refractivity (Wildman–Crippen MR) is 105 cm³/mol. The number of rotatable bonds is 5. The number of nitrogens with one attached hydrogen (secondary N) is 1. The van der Waals surface area contributed by atoms with Crippen molar-refractivity contribution in [3.63, 3.8) is 0 Å². The first-order valence-electron chi connectivity index (χ1n) is 8.85. The van der Waals surface area contributed by atoms with E-state index in [9.17, 15) is 14.4 Å². The maximum atomic E-state index is 12.4. The lowest BCUT2D eigenvalue weighted by atomic mass is 10.2. The fraction of sp³-hybridized carbons (Fsp3) is 0.263. The van der Waals surface area contributed by atoms with Gasteiger partial charge < -0.3 is 19.0 Å². The van der Waals surface area contributed by atoms with Gasteiger partial charge in [-0.15, -0.1) is 0 Å². The molecule has 0 aliphatic carbocycles. The van der Waals surface area contributed by atoms with Gasteiger partial charge in [0.1, 0.15) is 18.1 Å². The molecular formula is C19H19N5O5. The molecule has 0 saturated heterocycles. The highest BCUT2D eigenvalue weighted by Gasteiger charge is 2.15. The largest absolute Gasteiger partial charge is 0.497 e. The first-order chi connectivity index (χ1) is 13.9. The van der Waals surface area contributed by atoms with Crippen LogP contribution in [0.15, 0.2) is 40.2 Å². The number of aryl methyl sites for hydroxylation is 1. The molecule has 0 fully saturated rings. The third-order valence-corrected chi connectivity index (χ3v) is 4.83. The van der Waals surface area contributed by atoms with Crippen molar-refractivity contribution < 1.29 is 14.3 Å². The van der Waals surface area contributed by atoms with Crippen LogP contribution in [0.25, 0.3) is 22.1 Å². The predicted octanol–water partition coefficient (Wildman–Crippen LogP) is 0.781. The average molecular weight is 397 g/mol. The van der Waals surface area contributed by atoms with Crippen LogP contribution in [0.2, 0.25) is 0 Å². The second-order valence-corrected chi connectivity index (χ2v) is 6.59. The Hall–Kier alpha value is -3.82. The third kappa shape index (κ3) is 3.08. The van der Waals surface area contributed by atoms with E-state index < -0.39 is 17.2 Å². The van der Waals surface area contributed by atoms with Gasteiger partial charge in [-0.3, -0.25) is 13.9 Å². The lowest BCUT2D eigenvalue weighted by molar-refractivity contribution is 0.0486. The number of hydrogen-bond acceptors (Lipinski definition) is 6. The van der Waals surface area contributed by atoms with E-state index in [0.717, 1.165) is 15.5 Å². The fourth-order valence-corrected chi connectivity index (χ4v) is 3.22. The zero-order valence-electron chi connectivity index (χ0n) is 16.1. The molecule has 0 spiro atoms. The van der Waals surface area contributed by atoms with Gasteiger partial charge in [-0.2, -0.15) is 0 Å². The summed E-state index contributed by atoms with van der Waals surface area (Å²) in [5.41, 5.74) is 0.756. The summed E-state index contributed by atoms with van der Waals surface area (Å²) in [6.45, 7) is 0.263. The molecule has 0 bridgehead atoms. The van der Waals surface area contributed by atoms with E-state index in [2.05, 4.69) is 9.97 Å². The zero-order chi connectivity index (χ0) is 20.7. The highest BCUT2D eigenvalue weighted by Crippen LogP contribution is 2.21. The van der Waals surface area contributed by atoms with Gasteiger partial charge >= 0.3 is 11.7 Å². The number of methoxy groups -OCH3 is 1. The van der Waals surface area contributed by atoms with Crippen LogP contribution in [0.4, 0.5) is 0 Å². The number of H-pyrrole nitrogens is 1. The van der Waals surface area contributed by atoms with Gasteiger partial charge in [-0.25, -0.2) is 14.6 Å². The van der Waals surface area contributed by atoms with Crippen molar-refractivity contribution >= 4 is 28.0 Å². The van der Waals surface area contributed by atoms with Crippen LogP contribution in [0.1, 0.15) is 10.5 Å². The molecule has 0 radical (unpaired) electrons. The van der Waals surface area contributed by atoms with Gasteiger partial charge in [0.05, 0.1) is 20.0 Å². The Balaban J connectivity index is 1.51. The van der Waals surface area contributed by atoms with E-state index in [1.807, 2.05) is 12.1 Å². The van der Waals surface area contributed by atoms with Gasteiger partial charge in [0.15, 0.2) is 11.2 Å². The normalized spacial score (nSPS) is 11.3. The minimum Gasteiger partial charge on any atom is -0.497 e. The van der Waals surface area contributed by atoms with Gasteiger partial charge in [0, 0.05) is 31.1 Å². The minimum absolute atomic E-state index is 0.0367. The number of aromatic amines is 1. The van der Waals surface area contributed by atoms with E-state index in [0.29, 0.717) is 11.4 Å². The molecule has 29 heavy (non-hydrogen) atoms. The molecule has 0 aliphatic heterocycles. The summed E-state index contributed by atoms with van der Waals surface area (Å²) < 4.78 is 14.4. The van der Waals surface area contributed by atoms with Gasteiger partial charge in [-0.1, -0.05) is 0 Å². The molecule has 10 nitrogen and oxygen atoms in total. The van der Waals surface area contributed by atoms with Crippen LogP contribution < -0.4 is 16.0 Å². The topological polar surface area (TPSA) is 113 Å². The van der Waals surface area contributed by atoms with Crippen LogP contribution in [0.5, 0.6) is 5.75 Å². The Morgan fingerprint density at radius 1 is 1.17 bits per heavy atom. The third-order valence-electron chi connectivity index (χ3n) is 4.83. The van der Waals surface area contributed by atoms with E-state index in [1.54, 1.807) is 30.9 Å². The molecule has 0 saturated carbocycles. The molecule has 4 aromatic rings. The quantitative estimate of drug-likeness (QED) is 0.498. The second-order valence-electron chi connectivity index (χ2n) is 6.59. The molecule has 3 aromatic heterocycles. The maximum Gasteiger partial charge on any atom is 0.354 e. The number of esters is 1. The first-order valence-corrected chi connectivity index (χ1v) is 8.85. The van der Waals surface area contributed by atoms with Crippen molar-refractivity contribution in [2.45, 2.75) is 6.54 Å². The molecular weight excluding hydrogens is 378 g/mol. The lowest BCUT2D eigenvalue weighted by Gasteiger charge is -2.07. The highest BCUT2D eigenvalue weighted by molar-refractivity contribution is 5.95. The first kappa shape index (κ1) is 18.5. The molecule has 0 amide bonds. The SMILES string of the molecule is COc1ccc2cc(C(=O)OCCn3cnc4c3c(=O)n(C)c(=O)n4C)[nH]c2c1. The Bertz CT molecular complexity index is 1360. The van der Waals surface area contributed by atoms with Gasteiger partial charge in [0.25, 0.3) is 5.56 Å². The van der Waals surface area contributed by atoms with Crippen molar-refractivity contribution in [3.05, 3.63) is 57.1 Å². The number of hydrogen-bond donors (Lipinski definition) is 1. The van der Waals surface area contributed by atoms with Crippen molar-refractivity contribution in [3.8, 4) is 5.75 Å². The lowest BCUT2D eigenvalue weighted by Crippen LogP contribution is -2.37. The van der Waals surface area contributed by atoms with Gasteiger partial charge in [0.2, 0.25) is 0 Å². The number of nitrogens with zero attached hydrogens (tertiary/aromatic N) is 4. The van der Waals surface area contributed by atoms with Crippen molar-refractivity contribution in [2.75, 3.05) is 13.7 Å². The zero-order valence-corrected chi connectivity index (χ0v) is 16.1. The standard InChI is InChI=1S/C19H19N5O5/c1-22-16-15(17(25)23(2)19(22)27)24(10-20-16)6-7-29-18(26)14-8-11-4-5-12(28-3)9-13(11)21-14/h4-5,8-10,21H,6-7H2,1-3H3. The molecule has 0 aliphatic rings. The van der Waals surface area contributed by atoms with Crippen LogP contribution in [-0.4, -0.2) is 43.4 Å². The molecule has 1 N–H and O–H groups in total. The molecule has 0 atom stereocenters. The summed E-state index contributed by atoms with van der Waals surface area (Å²) in [5.74, 6) is 0.173. The van der Waals surface area contributed by atoms with E-state index >= 15 is 0 Å². The number of carbonyl (C=O) groups excluding carboxylic acids is 1. The van der Waals surface area contributed by atoms with Crippen molar-refractivity contribution in [2.24, 2.45) is 14.1 Å². The van der Waals surface area contributed by atoms with Crippen LogP contribution in [0, 0.1) is 0 Å². The van der Waals surface area contributed by atoms with E-state index in [-0.39, 0.29) is 24.3 Å². The number of benzene rings is 1. The highest BCUT2D eigenvalue weighted by atomic mass is 16.5. The Morgan fingerprint density at radius 2 is 1.97 bits per heavy atom. The van der Waals surface area contributed by atoms with E-state index in [1.165, 1.54) is 17.9 Å². The second kappa shape index (κ2) is 6.97. The molecule has 150 valence electrons. The number of aromatic nitrogens is 5. The molecule has 3 heterocycles. The van der Waals surface area contributed by atoms with Crippen LogP contribution in [-0.2, 0) is 25.4 Å². The summed E-state index contributed by atoms with van der Waals surface area (Å²) >= 11 is 0. The smallest absolute Gasteiger partial charge is 0.354 e. The number of carbonyl (C=O) groups is 1. The Kier molecular flexibility index (Phi) is 4.45. The van der Waals surface area contributed by atoms with Crippen LogP contribution in [0.3, 0.4) is 0 Å². The van der Waals surface area contributed by atoms with Gasteiger partial charge in [-0.05, 0) is 18.2 Å². The summed E-state index contributed by atoms with van der Waals surface area (Å²) in [7, 11) is 4.53. The monoisotopic (exact) mass is 397 g/mol. The Labute approximate surface area is 163 Å². The summed E-state index contributed by atoms with van der Waals surface area (Å²) in [6.07, 6.45) is 1.45.